The van der Waals surface area contributed by atoms with Crippen molar-refractivity contribution in [1.82, 2.24) is 14.7 Å². The van der Waals surface area contributed by atoms with Crippen LogP contribution >= 0.6 is 0 Å². The molecule has 2 atom stereocenters. The van der Waals surface area contributed by atoms with Crippen LogP contribution in [0, 0.1) is 0 Å². The highest BCUT2D eigenvalue weighted by Crippen LogP contribution is 2.22. The molecule has 19 heavy (non-hydrogen) atoms. The summed E-state index contributed by atoms with van der Waals surface area (Å²) in [5, 5.41) is 23.7. The number of carbonyl (C=O) groups excluding carboxylic acids is 1. The van der Waals surface area contributed by atoms with E-state index >= 15 is 0 Å². The summed E-state index contributed by atoms with van der Waals surface area (Å²) in [5.74, 6) is 0.00995. The summed E-state index contributed by atoms with van der Waals surface area (Å²) in [4.78, 5) is 13.7. The predicted molar refractivity (Wildman–Crippen MR) is 69.4 cm³/mol. The van der Waals surface area contributed by atoms with Crippen LogP contribution in [-0.2, 0) is 18.3 Å². The van der Waals surface area contributed by atoms with E-state index in [1.807, 2.05) is 13.1 Å². The second kappa shape index (κ2) is 5.30. The van der Waals surface area contributed by atoms with E-state index in [0.717, 1.165) is 5.69 Å². The molecule has 1 aliphatic heterocycles. The quantitative estimate of drug-likeness (QED) is 0.788. The SMILES string of the molecule is Cn1nccc1CCC(=O)N1CC[C@@](C)(O)[C@@H](O)C1. The van der Waals surface area contributed by atoms with Crippen molar-refractivity contribution in [2.24, 2.45) is 7.05 Å². The van der Waals surface area contributed by atoms with Crippen molar-refractivity contribution in [1.29, 1.82) is 0 Å². The van der Waals surface area contributed by atoms with Crippen LogP contribution in [0.4, 0.5) is 0 Å². The number of hydrogen-bond donors (Lipinski definition) is 2. The third-order valence-electron chi connectivity index (χ3n) is 3.87. The Morgan fingerprint density at radius 3 is 2.95 bits per heavy atom. The number of aliphatic hydroxyl groups is 2. The van der Waals surface area contributed by atoms with Crippen LogP contribution in [0.2, 0.25) is 0 Å². The molecule has 0 bridgehead atoms. The van der Waals surface area contributed by atoms with Crippen LogP contribution in [0.25, 0.3) is 0 Å². The van der Waals surface area contributed by atoms with Gasteiger partial charge in [0, 0.05) is 38.4 Å². The Morgan fingerprint density at radius 1 is 1.63 bits per heavy atom. The molecule has 0 aromatic carbocycles. The molecule has 0 spiro atoms. The minimum Gasteiger partial charge on any atom is -0.388 e. The lowest BCUT2D eigenvalue weighted by atomic mass is 9.90. The molecule has 0 saturated carbocycles. The van der Waals surface area contributed by atoms with Crippen LogP contribution < -0.4 is 0 Å². The molecule has 0 aliphatic carbocycles. The van der Waals surface area contributed by atoms with Crippen LogP contribution in [-0.4, -0.2) is 55.6 Å². The number of aromatic nitrogens is 2. The van der Waals surface area contributed by atoms with E-state index in [1.165, 1.54) is 0 Å². The van der Waals surface area contributed by atoms with Gasteiger partial charge in [-0.25, -0.2) is 0 Å². The summed E-state index contributed by atoms with van der Waals surface area (Å²) in [6.07, 6.45) is 2.28. The first kappa shape index (κ1) is 14.0. The number of likely N-dealkylation sites (tertiary alicyclic amines) is 1. The van der Waals surface area contributed by atoms with Gasteiger partial charge in [0.05, 0.1) is 11.7 Å². The van der Waals surface area contributed by atoms with E-state index in [-0.39, 0.29) is 12.5 Å². The van der Waals surface area contributed by atoms with Crippen molar-refractivity contribution in [2.75, 3.05) is 13.1 Å². The normalized spacial score (nSPS) is 27.6. The number of rotatable bonds is 3. The van der Waals surface area contributed by atoms with Crippen LogP contribution in [0.1, 0.15) is 25.5 Å². The zero-order valence-corrected chi connectivity index (χ0v) is 11.4. The zero-order valence-electron chi connectivity index (χ0n) is 11.4. The standard InChI is InChI=1S/C13H21N3O3/c1-13(19)6-8-16(9-11(13)17)12(18)4-3-10-5-7-14-15(10)2/h5,7,11,17,19H,3-4,6,8-9H2,1-2H3/t11-,13+/m0/s1. The molecule has 0 radical (unpaired) electrons. The number of amides is 1. The maximum atomic E-state index is 12.1. The van der Waals surface area contributed by atoms with Crippen molar-refractivity contribution in [3.05, 3.63) is 18.0 Å². The molecule has 1 saturated heterocycles. The molecule has 1 amide bonds. The molecule has 2 rings (SSSR count). The molecule has 6 nitrogen and oxygen atoms in total. The summed E-state index contributed by atoms with van der Waals surface area (Å²) in [5.41, 5.74) is -0.0726. The summed E-state index contributed by atoms with van der Waals surface area (Å²) >= 11 is 0. The Balaban J connectivity index is 1.86. The molecule has 2 heterocycles. The fourth-order valence-electron chi connectivity index (χ4n) is 2.29. The molecular weight excluding hydrogens is 246 g/mol. The van der Waals surface area contributed by atoms with E-state index < -0.39 is 11.7 Å². The number of nitrogens with zero attached hydrogens (tertiary/aromatic N) is 3. The van der Waals surface area contributed by atoms with E-state index in [9.17, 15) is 15.0 Å². The van der Waals surface area contributed by atoms with Crippen molar-refractivity contribution < 1.29 is 15.0 Å². The lowest BCUT2D eigenvalue weighted by Gasteiger charge is -2.40. The minimum absolute atomic E-state index is 0.00995. The summed E-state index contributed by atoms with van der Waals surface area (Å²) in [6, 6.07) is 1.89. The fourth-order valence-corrected chi connectivity index (χ4v) is 2.29. The molecular formula is C13H21N3O3. The number of aliphatic hydroxyl groups excluding tert-OH is 1. The predicted octanol–water partition coefficient (Wildman–Crippen LogP) is -0.303. The van der Waals surface area contributed by atoms with Crippen LogP contribution in [0.5, 0.6) is 0 Å². The van der Waals surface area contributed by atoms with Gasteiger partial charge in [0.2, 0.25) is 5.91 Å². The average molecular weight is 267 g/mol. The van der Waals surface area contributed by atoms with Gasteiger partial charge < -0.3 is 15.1 Å². The fraction of sp³-hybridized carbons (Fsp3) is 0.692. The third kappa shape index (κ3) is 3.13. The topological polar surface area (TPSA) is 78.6 Å². The highest BCUT2D eigenvalue weighted by Gasteiger charge is 2.37. The van der Waals surface area contributed by atoms with E-state index in [2.05, 4.69) is 5.10 Å². The molecule has 6 heteroatoms. The maximum absolute atomic E-state index is 12.1. The summed E-state index contributed by atoms with van der Waals surface area (Å²) < 4.78 is 1.75. The number of piperidine rings is 1. The van der Waals surface area contributed by atoms with Crippen molar-refractivity contribution in [2.45, 2.75) is 37.9 Å². The van der Waals surface area contributed by atoms with Crippen molar-refractivity contribution in [3.63, 3.8) is 0 Å². The van der Waals surface area contributed by atoms with Crippen molar-refractivity contribution >= 4 is 5.91 Å². The molecule has 1 fully saturated rings. The molecule has 1 aliphatic rings. The van der Waals surface area contributed by atoms with Gasteiger partial charge in [0.1, 0.15) is 0 Å². The van der Waals surface area contributed by atoms with Crippen LogP contribution in [0.3, 0.4) is 0 Å². The van der Waals surface area contributed by atoms with Gasteiger partial charge >= 0.3 is 0 Å². The Labute approximate surface area is 112 Å². The first-order valence-electron chi connectivity index (χ1n) is 6.55. The van der Waals surface area contributed by atoms with E-state index in [0.29, 0.717) is 25.8 Å². The summed E-state index contributed by atoms with van der Waals surface area (Å²) in [7, 11) is 1.85. The van der Waals surface area contributed by atoms with E-state index in [4.69, 9.17) is 0 Å². The second-order valence-corrected chi connectivity index (χ2v) is 5.41. The molecule has 1 aromatic rings. The van der Waals surface area contributed by atoms with Gasteiger partial charge in [0.25, 0.3) is 0 Å². The lowest BCUT2D eigenvalue weighted by molar-refractivity contribution is -0.146. The largest absolute Gasteiger partial charge is 0.388 e. The highest BCUT2D eigenvalue weighted by molar-refractivity contribution is 5.76. The monoisotopic (exact) mass is 267 g/mol. The van der Waals surface area contributed by atoms with Gasteiger partial charge in [-0.1, -0.05) is 0 Å². The van der Waals surface area contributed by atoms with Crippen LogP contribution in [0.15, 0.2) is 12.3 Å². The molecule has 0 unspecified atom stereocenters. The van der Waals surface area contributed by atoms with Gasteiger partial charge in [-0.05, 0) is 25.8 Å². The number of β-amino-alcohol motifs (C(OH)–C–C–N with tert-alkyl or cyclic N) is 1. The molecule has 106 valence electrons. The third-order valence-corrected chi connectivity index (χ3v) is 3.87. The maximum Gasteiger partial charge on any atom is 0.223 e. The number of hydrogen-bond acceptors (Lipinski definition) is 4. The van der Waals surface area contributed by atoms with Crippen molar-refractivity contribution in [3.8, 4) is 0 Å². The van der Waals surface area contributed by atoms with E-state index in [1.54, 1.807) is 22.7 Å². The number of aryl methyl sites for hydroxylation is 2. The van der Waals surface area contributed by atoms with Gasteiger partial charge in [0.15, 0.2) is 0 Å². The van der Waals surface area contributed by atoms with Gasteiger partial charge in [-0.15, -0.1) is 0 Å². The Hall–Kier alpha value is -1.40. The number of carbonyl (C=O) groups is 1. The van der Waals surface area contributed by atoms with Gasteiger partial charge in [-0.3, -0.25) is 9.48 Å². The highest BCUT2D eigenvalue weighted by atomic mass is 16.3. The summed E-state index contributed by atoms with van der Waals surface area (Å²) in [6.45, 7) is 2.31. The molecule has 1 aromatic heterocycles. The molecule has 2 N–H and O–H groups in total. The Kier molecular flexibility index (Phi) is 3.91. The first-order chi connectivity index (χ1) is 8.90. The van der Waals surface area contributed by atoms with Gasteiger partial charge in [-0.2, -0.15) is 5.10 Å². The smallest absolute Gasteiger partial charge is 0.223 e. The zero-order chi connectivity index (χ0) is 14.0. The first-order valence-corrected chi connectivity index (χ1v) is 6.55. The Morgan fingerprint density at radius 2 is 2.37 bits per heavy atom. The second-order valence-electron chi connectivity index (χ2n) is 5.41. The average Bonchev–Trinajstić information content (AvgIpc) is 2.75. The lowest BCUT2D eigenvalue weighted by Crippen LogP contribution is -2.55. The Bertz CT molecular complexity index is 456. The minimum atomic E-state index is -1.08.